The molecule has 1 aliphatic rings. The van der Waals surface area contributed by atoms with E-state index in [1.54, 1.807) is 30.3 Å². The Kier molecular flexibility index (Phi) is 9.25. The van der Waals surface area contributed by atoms with Crippen molar-refractivity contribution >= 4 is 21.6 Å². The van der Waals surface area contributed by atoms with E-state index in [0.29, 0.717) is 18.0 Å². The molecular formula is C29H35N3O5S. The van der Waals surface area contributed by atoms with Gasteiger partial charge in [0.1, 0.15) is 6.54 Å². The molecule has 0 bridgehead atoms. The first-order chi connectivity index (χ1) is 18.4. The fraction of sp³-hybridized carbons (Fsp3) is 0.345. The Bertz CT molecular complexity index is 1330. The molecule has 1 fully saturated rings. The Morgan fingerprint density at radius 1 is 0.868 bits per heavy atom. The maximum absolute atomic E-state index is 13.7. The second-order valence-electron chi connectivity index (χ2n) is 9.30. The molecule has 0 saturated carbocycles. The molecular weight excluding hydrogens is 502 g/mol. The average Bonchev–Trinajstić information content (AvgIpc) is 2.95. The minimum atomic E-state index is -4.08. The van der Waals surface area contributed by atoms with Crippen molar-refractivity contribution in [2.45, 2.75) is 37.2 Å². The van der Waals surface area contributed by atoms with Crippen molar-refractivity contribution in [3.05, 3.63) is 83.9 Å². The van der Waals surface area contributed by atoms with Gasteiger partial charge in [-0.05, 0) is 61.3 Å². The summed E-state index contributed by atoms with van der Waals surface area (Å²) in [4.78, 5) is 15.5. The van der Waals surface area contributed by atoms with Crippen LogP contribution >= 0.6 is 0 Å². The molecule has 1 saturated heterocycles. The third-order valence-corrected chi connectivity index (χ3v) is 8.38. The van der Waals surface area contributed by atoms with Gasteiger partial charge in [0.2, 0.25) is 5.91 Å². The van der Waals surface area contributed by atoms with Gasteiger partial charge in [-0.3, -0.25) is 14.0 Å². The first-order valence-electron chi connectivity index (χ1n) is 12.8. The highest BCUT2D eigenvalue weighted by molar-refractivity contribution is 7.92. The number of carbonyl (C=O) groups excluding carboxylic acids is 1. The van der Waals surface area contributed by atoms with Crippen molar-refractivity contribution in [3.8, 4) is 11.5 Å². The molecule has 1 heterocycles. The quantitative estimate of drug-likeness (QED) is 0.395. The number of hydrogen-bond donors (Lipinski definition) is 1. The number of nitrogens with zero attached hydrogens (tertiary/aromatic N) is 2. The smallest absolute Gasteiger partial charge is 0.264 e. The number of anilines is 1. The molecule has 0 aliphatic carbocycles. The van der Waals surface area contributed by atoms with Crippen LogP contribution in [-0.2, 0) is 27.9 Å². The van der Waals surface area contributed by atoms with Gasteiger partial charge in [-0.1, -0.05) is 48.9 Å². The fourth-order valence-electron chi connectivity index (χ4n) is 4.61. The Morgan fingerprint density at radius 2 is 1.58 bits per heavy atom. The standard InChI is InChI=1S/C29H35N3O5S/c1-36-27-15-14-26(19-28(27)37-2)38(34,35)32(25-12-5-3-6-13-25)22-29(33)30-20-23-10-9-11-24(18-23)21-31-16-7-4-8-17-31/h3,5-6,9-15,18-19H,4,7-8,16-17,20-22H2,1-2H3,(H,30,33). The topological polar surface area (TPSA) is 88.2 Å². The molecule has 0 radical (unpaired) electrons. The van der Waals surface area contributed by atoms with E-state index in [1.807, 2.05) is 12.1 Å². The van der Waals surface area contributed by atoms with E-state index in [1.165, 1.54) is 57.2 Å². The van der Waals surface area contributed by atoms with Gasteiger partial charge >= 0.3 is 0 Å². The van der Waals surface area contributed by atoms with E-state index >= 15 is 0 Å². The van der Waals surface area contributed by atoms with Crippen molar-refractivity contribution < 1.29 is 22.7 Å². The molecule has 8 nitrogen and oxygen atoms in total. The van der Waals surface area contributed by atoms with Crippen LogP contribution in [0.3, 0.4) is 0 Å². The number of benzene rings is 3. The molecule has 4 rings (SSSR count). The first kappa shape index (κ1) is 27.5. The summed E-state index contributed by atoms with van der Waals surface area (Å²) < 4.78 is 39.0. The maximum atomic E-state index is 13.7. The van der Waals surface area contributed by atoms with Crippen LogP contribution in [0.2, 0.25) is 0 Å². The van der Waals surface area contributed by atoms with Gasteiger partial charge in [-0.2, -0.15) is 0 Å². The van der Waals surface area contributed by atoms with Crippen LogP contribution in [0.1, 0.15) is 30.4 Å². The van der Waals surface area contributed by atoms with E-state index < -0.39 is 15.9 Å². The highest BCUT2D eigenvalue weighted by Crippen LogP contribution is 2.32. The van der Waals surface area contributed by atoms with Crippen molar-refractivity contribution in [3.63, 3.8) is 0 Å². The highest BCUT2D eigenvalue weighted by Gasteiger charge is 2.28. The zero-order valence-electron chi connectivity index (χ0n) is 21.9. The lowest BCUT2D eigenvalue weighted by atomic mass is 10.1. The number of ether oxygens (including phenoxy) is 2. The Labute approximate surface area is 225 Å². The third kappa shape index (κ3) is 6.85. The summed E-state index contributed by atoms with van der Waals surface area (Å²) in [5.74, 6) is 0.299. The average molecular weight is 538 g/mol. The second-order valence-corrected chi connectivity index (χ2v) is 11.2. The molecule has 1 aliphatic heterocycles. The first-order valence-corrected chi connectivity index (χ1v) is 14.2. The van der Waals surface area contributed by atoms with Crippen molar-refractivity contribution in [1.29, 1.82) is 0 Å². The highest BCUT2D eigenvalue weighted by atomic mass is 32.2. The number of carbonyl (C=O) groups is 1. The summed E-state index contributed by atoms with van der Waals surface area (Å²) in [6.45, 7) is 3.07. The summed E-state index contributed by atoms with van der Waals surface area (Å²) in [6.07, 6.45) is 3.77. The molecule has 1 amide bonds. The zero-order chi connectivity index (χ0) is 27.0. The SMILES string of the molecule is COc1ccc(S(=O)(=O)N(CC(=O)NCc2cccc(CN3CCCCC3)c2)c2ccccc2)cc1OC. The lowest BCUT2D eigenvalue weighted by Gasteiger charge is -2.26. The predicted molar refractivity (Wildman–Crippen MR) is 148 cm³/mol. The van der Waals surface area contributed by atoms with Gasteiger partial charge in [-0.25, -0.2) is 8.42 Å². The van der Waals surface area contributed by atoms with Crippen molar-refractivity contribution in [2.75, 3.05) is 38.2 Å². The lowest BCUT2D eigenvalue weighted by Crippen LogP contribution is -2.40. The predicted octanol–water partition coefficient (Wildman–Crippen LogP) is 4.20. The fourth-order valence-corrected chi connectivity index (χ4v) is 6.05. The lowest BCUT2D eigenvalue weighted by molar-refractivity contribution is -0.119. The van der Waals surface area contributed by atoms with Gasteiger partial charge in [0.15, 0.2) is 11.5 Å². The van der Waals surface area contributed by atoms with Crippen LogP contribution in [0.15, 0.2) is 77.7 Å². The minimum Gasteiger partial charge on any atom is -0.493 e. The van der Waals surface area contributed by atoms with E-state index in [-0.39, 0.29) is 17.2 Å². The van der Waals surface area contributed by atoms with E-state index in [2.05, 4.69) is 22.3 Å². The van der Waals surface area contributed by atoms with Crippen LogP contribution in [0, 0.1) is 0 Å². The summed E-state index contributed by atoms with van der Waals surface area (Å²) in [5, 5.41) is 2.89. The van der Waals surface area contributed by atoms with Crippen LogP contribution in [0.5, 0.6) is 11.5 Å². The number of sulfonamides is 1. The summed E-state index contributed by atoms with van der Waals surface area (Å²) in [6, 6.07) is 21.1. The summed E-state index contributed by atoms with van der Waals surface area (Å²) >= 11 is 0. The minimum absolute atomic E-state index is 0.00258. The number of nitrogens with one attached hydrogen (secondary N) is 1. The molecule has 0 spiro atoms. The number of piperidine rings is 1. The van der Waals surface area contributed by atoms with Crippen LogP contribution in [0.4, 0.5) is 5.69 Å². The van der Waals surface area contributed by atoms with Gasteiger partial charge in [0.05, 0.1) is 24.8 Å². The number of methoxy groups -OCH3 is 2. The molecule has 3 aromatic rings. The Balaban J connectivity index is 1.48. The van der Waals surface area contributed by atoms with Crippen LogP contribution < -0.4 is 19.1 Å². The molecule has 38 heavy (non-hydrogen) atoms. The summed E-state index contributed by atoms with van der Waals surface area (Å²) in [7, 11) is -1.16. The maximum Gasteiger partial charge on any atom is 0.264 e. The number of likely N-dealkylation sites (tertiary alicyclic amines) is 1. The number of amides is 1. The molecule has 0 unspecified atom stereocenters. The zero-order valence-corrected chi connectivity index (χ0v) is 22.7. The second kappa shape index (κ2) is 12.8. The molecule has 3 aromatic carbocycles. The normalized spacial score (nSPS) is 14.1. The molecule has 1 N–H and O–H groups in total. The van der Waals surface area contributed by atoms with Gasteiger partial charge in [-0.15, -0.1) is 0 Å². The van der Waals surface area contributed by atoms with Crippen LogP contribution in [-0.4, -0.2) is 53.1 Å². The van der Waals surface area contributed by atoms with Gasteiger partial charge in [0, 0.05) is 19.2 Å². The Hall–Kier alpha value is -3.56. The van der Waals surface area contributed by atoms with Gasteiger partial charge < -0.3 is 14.8 Å². The van der Waals surface area contributed by atoms with Crippen LogP contribution in [0.25, 0.3) is 0 Å². The van der Waals surface area contributed by atoms with E-state index in [4.69, 9.17) is 9.47 Å². The Morgan fingerprint density at radius 3 is 2.29 bits per heavy atom. The van der Waals surface area contributed by atoms with Crippen molar-refractivity contribution in [1.82, 2.24) is 10.2 Å². The van der Waals surface area contributed by atoms with Gasteiger partial charge in [0.25, 0.3) is 10.0 Å². The molecule has 0 aromatic heterocycles. The summed E-state index contributed by atoms with van der Waals surface area (Å²) in [5.41, 5.74) is 2.57. The molecule has 202 valence electrons. The number of hydrogen-bond acceptors (Lipinski definition) is 6. The van der Waals surface area contributed by atoms with E-state index in [0.717, 1.165) is 29.5 Å². The monoisotopic (exact) mass is 537 g/mol. The molecule has 0 atom stereocenters. The number of rotatable bonds is 11. The van der Waals surface area contributed by atoms with Crippen molar-refractivity contribution in [2.24, 2.45) is 0 Å². The molecule has 9 heteroatoms. The number of para-hydroxylation sites is 1. The largest absolute Gasteiger partial charge is 0.493 e. The van der Waals surface area contributed by atoms with E-state index in [9.17, 15) is 13.2 Å². The third-order valence-electron chi connectivity index (χ3n) is 6.61.